The van der Waals surface area contributed by atoms with Crippen LogP contribution in [-0.2, 0) is 12.8 Å². The van der Waals surface area contributed by atoms with Crippen molar-refractivity contribution >= 4 is 0 Å². The van der Waals surface area contributed by atoms with Gasteiger partial charge in [0.05, 0.1) is 12.6 Å². The third-order valence-corrected chi connectivity index (χ3v) is 2.86. The third kappa shape index (κ3) is 1.42. The van der Waals surface area contributed by atoms with Gasteiger partial charge in [0.25, 0.3) is 0 Å². The molecule has 2 rings (SSSR count). The summed E-state index contributed by atoms with van der Waals surface area (Å²) < 4.78 is 13.3. The molecule has 0 radical (unpaired) electrons. The van der Waals surface area contributed by atoms with Gasteiger partial charge in [0.2, 0.25) is 0 Å². The van der Waals surface area contributed by atoms with Crippen LogP contribution in [0.2, 0.25) is 0 Å². The maximum Gasteiger partial charge on any atom is 0.126 e. The van der Waals surface area contributed by atoms with E-state index in [1.807, 2.05) is 0 Å². The SMILES string of the molecule is NC(CO)c1ccc(F)c2c1CCC2. The zero-order valence-electron chi connectivity index (χ0n) is 7.96. The smallest absolute Gasteiger partial charge is 0.126 e. The number of nitrogens with two attached hydrogens (primary N) is 1. The van der Waals surface area contributed by atoms with Crippen molar-refractivity contribution in [1.82, 2.24) is 0 Å². The van der Waals surface area contributed by atoms with Crippen LogP contribution in [0.4, 0.5) is 4.39 Å². The van der Waals surface area contributed by atoms with Crippen molar-refractivity contribution < 1.29 is 9.50 Å². The van der Waals surface area contributed by atoms with Crippen molar-refractivity contribution in [2.75, 3.05) is 6.61 Å². The van der Waals surface area contributed by atoms with Gasteiger partial charge in [-0.2, -0.15) is 0 Å². The Hall–Kier alpha value is -0.930. The molecule has 1 aromatic carbocycles. The van der Waals surface area contributed by atoms with E-state index in [1.54, 1.807) is 6.07 Å². The minimum absolute atomic E-state index is 0.0852. The van der Waals surface area contributed by atoms with E-state index in [9.17, 15) is 4.39 Å². The number of fused-ring (bicyclic) bond motifs is 1. The van der Waals surface area contributed by atoms with Crippen LogP contribution in [0.25, 0.3) is 0 Å². The quantitative estimate of drug-likeness (QED) is 0.747. The van der Waals surface area contributed by atoms with E-state index in [4.69, 9.17) is 10.8 Å². The molecule has 1 aliphatic carbocycles. The van der Waals surface area contributed by atoms with Crippen molar-refractivity contribution in [3.8, 4) is 0 Å². The van der Waals surface area contributed by atoms with E-state index in [2.05, 4.69) is 0 Å². The Balaban J connectivity index is 2.48. The molecule has 1 aliphatic rings. The summed E-state index contributed by atoms with van der Waals surface area (Å²) in [6.07, 6.45) is 2.67. The summed E-state index contributed by atoms with van der Waals surface area (Å²) >= 11 is 0. The van der Waals surface area contributed by atoms with Crippen LogP contribution in [0.1, 0.15) is 29.2 Å². The first-order valence-corrected chi connectivity index (χ1v) is 4.90. The van der Waals surface area contributed by atoms with Gasteiger partial charge in [-0.3, -0.25) is 0 Å². The molecule has 1 aromatic rings. The number of halogens is 1. The number of benzene rings is 1. The Labute approximate surface area is 82.5 Å². The largest absolute Gasteiger partial charge is 0.394 e. The standard InChI is InChI=1S/C11H14FNO/c12-10-5-4-9(11(13)6-14)7-2-1-3-8(7)10/h4-5,11,14H,1-3,6,13H2. The highest BCUT2D eigenvalue weighted by Crippen LogP contribution is 2.30. The summed E-state index contributed by atoms with van der Waals surface area (Å²) in [6, 6.07) is 2.78. The fourth-order valence-corrected chi connectivity index (χ4v) is 2.14. The summed E-state index contributed by atoms with van der Waals surface area (Å²) in [5.41, 5.74) is 8.47. The zero-order valence-corrected chi connectivity index (χ0v) is 7.96. The molecule has 0 bridgehead atoms. The monoisotopic (exact) mass is 195 g/mol. The van der Waals surface area contributed by atoms with E-state index in [0.29, 0.717) is 0 Å². The van der Waals surface area contributed by atoms with Gasteiger partial charge in [-0.25, -0.2) is 4.39 Å². The molecule has 1 atom stereocenters. The minimum atomic E-state index is -0.373. The van der Waals surface area contributed by atoms with Gasteiger partial charge in [-0.15, -0.1) is 0 Å². The van der Waals surface area contributed by atoms with Crippen molar-refractivity contribution in [1.29, 1.82) is 0 Å². The average Bonchev–Trinajstić information content (AvgIpc) is 2.67. The maximum absolute atomic E-state index is 13.3. The number of rotatable bonds is 2. The normalized spacial score (nSPS) is 16.8. The average molecular weight is 195 g/mol. The molecule has 3 heteroatoms. The van der Waals surface area contributed by atoms with E-state index in [0.717, 1.165) is 36.0 Å². The van der Waals surface area contributed by atoms with Crippen molar-refractivity contribution in [2.45, 2.75) is 25.3 Å². The summed E-state index contributed by atoms with van der Waals surface area (Å²) in [7, 11) is 0. The minimum Gasteiger partial charge on any atom is -0.394 e. The molecule has 76 valence electrons. The summed E-state index contributed by atoms with van der Waals surface area (Å²) in [5.74, 6) is -0.133. The third-order valence-electron chi connectivity index (χ3n) is 2.86. The van der Waals surface area contributed by atoms with E-state index in [-0.39, 0.29) is 18.5 Å². The first-order valence-electron chi connectivity index (χ1n) is 4.90. The van der Waals surface area contributed by atoms with Gasteiger partial charge >= 0.3 is 0 Å². The molecule has 1 unspecified atom stereocenters. The lowest BCUT2D eigenvalue weighted by molar-refractivity contribution is 0.267. The second-order valence-electron chi connectivity index (χ2n) is 3.74. The van der Waals surface area contributed by atoms with Crippen molar-refractivity contribution in [3.63, 3.8) is 0 Å². The second kappa shape index (κ2) is 3.67. The highest BCUT2D eigenvalue weighted by molar-refractivity contribution is 5.41. The molecule has 0 spiro atoms. The highest BCUT2D eigenvalue weighted by Gasteiger charge is 2.20. The van der Waals surface area contributed by atoms with E-state index >= 15 is 0 Å². The number of aliphatic hydroxyl groups excluding tert-OH is 1. The lowest BCUT2D eigenvalue weighted by Crippen LogP contribution is -2.16. The molecule has 3 N–H and O–H groups in total. The van der Waals surface area contributed by atoms with Crippen LogP contribution in [0.5, 0.6) is 0 Å². The van der Waals surface area contributed by atoms with E-state index < -0.39 is 0 Å². The van der Waals surface area contributed by atoms with Crippen LogP contribution in [-0.4, -0.2) is 11.7 Å². The fraction of sp³-hybridized carbons (Fsp3) is 0.455. The predicted octanol–water partition coefficient (Wildman–Crippen LogP) is 1.31. The number of hydrogen-bond acceptors (Lipinski definition) is 2. The molecule has 14 heavy (non-hydrogen) atoms. The van der Waals surface area contributed by atoms with Crippen LogP contribution < -0.4 is 5.73 Å². The van der Waals surface area contributed by atoms with Gasteiger partial charge in [0.15, 0.2) is 0 Å². The van der Waals surface area contributed by atoms with Gasteiger partial charge in [0.1, 0.15) is 5.82 Å². The van der Waals surface area contributed by atoms with Crippen molar-refractivity contribution in [2.24, 2.45) is 5.73 Å². The summed E-state index contributed by atoms with van der Waals surface area (Å²) in [5, 5.41) is 8.97. The van der Waals surface area contributed by atoms with Gasteiger partial charge in [-0.05, 0) is 42.0 Å². The second-order valence-corrected chi connectivity index (χ2v) is 3.74. The Kier molecular flexibility index (Phi) is 2.52. The molecular formula is C11H14FNO. The molecule has 0 heterocycles. The Bertz CT molecular complexity index is 351. The topological polar surface area (TPSA) is 46.2 Å². The first-order chi connectivity index (χ1) is 6.74. The number of hydrogen-bond donors (Lipinski definition) is 2. The van der Waals surface area contributed by atoms with Crippen molar-refractivity contribution in [3.05, 3.63) is 34.6 Å². The van der Waals surface area contributed by atoms with Crippen LogP contribution in [0.3, 0.4) is 0 Å². The molecule has 2 nitrogen and oxygen atoms in total. The zero-order chi connectivity index (χ0) is 10.1. The highest BCUT2D eigenvalue weighted by atomic mass is 19.1. The molecule has 0 fully saturated rings. The molecular weight excluding hydrogens is 181 g/mol. The summed E-state index contributed by atoms with van der Waals surface area (Å²) in [6.45, 7) is -0.0852. The molecule has 0 saturated carbocycles. The van der Waals surface area contributed by atoms with E-state index in [1.165, 1.54) is 6.07 Å². The molecule has 0 amide bonds. The molecule has 0 aliphatic heterocycles. The predicted molar refractivity (Wildman–Crippen MR) is 52.4 cm³/mol. The molecule has 0 saturated heterocycles. The van der Waals surface area contributed by atoms with Crippen LogP contribution in [0.15, 0.2) is 12.1 Å². The molecule has 0 aromatic heterocycles. The lowest BCUT2D eigenvalue weighted by atomic mass is 9.98. The van der Waals surface area contributed by atoms with Crippen LogP contribution in [0, 0.1) is 5.82 Å². The Morgan fingerprint density at radius 3 is 2.79 bits per heavy atom. The number of aliphatic hydroxyl groups is 1. The fourth-order valence-electron chi connectivity index (χ4n) is 2.14. The van der Waals surface area contributed by atoms with Crippen LogP contribution >= 0.6 is 0 Å². The first kappa shape index (κ1) is 9.62. The lowest BCUT2D eigenvalue weighted by Gasteiger charge is -2.14. The maximum atomic E-state index is 13.3. The Morgan fingerprint density at radius 1 is 1.36 bits per heavy atom. The summed E-state index contributed by atoms with van der Waals surface area (Å²) in [4.78, 5) is 0. The van der Waals surface area contributed by atoms with Gasteiger partial charge in [-0.1, -0.05) is 6.07 Å². The van der Waals surface area contributed by atoms with Gasteiger partial charge < -0.3 is 10.8 Å². The Morgan fingerprint density at radius 2 is 2.07 bits per heavy atom. The van der Waals surface area contributed by atoms with Gasteiger partial charge in [0, 0.05) is 0 Å².